The standard InChI is InChI=1S/C15H21N3O/c1-4-11-6-8-12(9-7-11)13-17-14(19-18-13)15(3,5-2)10-16/h6-9H,4-5,10,16H2,1-3H3. The van der Waals surface area contributed by atoms with Crippen LogP contribution in [0.1, 0.15) is 38.6 Å². The molecule has 0 aliphatic rings. The van der Waals surface area contributed by atoms with E-state index in [4.69, 9.17) is 10.3 Å². The lowest BCUT2D eigenvalue weighted by molar-refractivity contribution is 0.291. The van der Waals surface area contributed by atoms with Gasteiger partial charge in [0, 0.05) is 12.1 Å². The number of nitrogens with two attached hydrogens (primary N) is 1. The Morgan fingerprint density at radius 1 is 1.21 bits per heavy atom. The Bertz CT molecular complexity index is 527. The third-order valence-corrected chi connectivity index (χ3v) is 3.79. The lowest BCUT2D eigenvalue weighted by Crippen LogP contribution is -2.31. The fourth-order valence-electron chi connectivity index (χ4n) is 1.86. The van der Waals surface area contributed by atoms with Gasteiger partial charge in [-0.25, -0.2) is 0 Å². The van der Waals surface area contributed by atoms with E-state index in [0.29, 0.717) is 18.3 Å². The normalized spacial score (nSPS) is 14.3. The minimum absolute atomic E-state index is 0.241. The zero-order valence-corrected chi connectivity index (χ0v) is 11.8. The Kier molecular flexibility index (Phi) is 4.00. The fraction of sp³-hybridized carbons (Fsp3) is 0.467. The van der Waals surface area contributed by atoms with Gasteiger partial charge in [0.15, 0.2) is 0 Å². The topological polar surface area (TPSA) is 64.9 Å². The van der Waals surface area contributed by atoms with Gasteiger partial charge >= 0.3 is 0 Å². The van der Waals surface area contributed by atoms with Gasteiger partial charge < -0.3 is 10.3 Å². The zero-order valence-electron chi connectivity index (χ0n) is 11.8. The van der Waals surface area contributed by atoms with Crippen molar-refractivity contribution in [3.8, 4) is 11.4 Å². The van der Waals surface area contributed by atoms with Crippen molar-refractivity contribution in [3.63, 3.8) is 0 Å². The second-order valence-electron chi connectivity index (χ2n) is 5.09. The molecule has 0 aliphatic heterocycles. The van der Waals surface area contributed by atoms with Gasteiger partial charge in [0.2, 0.25) is 11.7 Å². The number of aryl methyl sites for hydroxylation is 1. The van der Waals surface area contributed by atoms with E-state index >= 15 is 0 Å². The quantitative estimate of drug-likeness (QED) is 0.896. The van der Waals surface area contributed by atoms with Crippen LogP contribution in [0.5, 0.6) is 0 Å². The molecule has 1 unspecified atom stereocenters. The van der Waals surface area contributed by atoms with Gasteiger partial charge in [-0.3, -0.25) is 0 Å². The number of nitrogens with zero attached hydrogens (tertiary/aromatic N) is 2. The van der Waals surface area contributed by atoms with E-state index in [1.165, 1.54) is 5.56 Å². The van der Waals surface area contributed by atoms with Crippen LogP contribution in [0.15, 0.2) is 28.8 Å². The monoisotopic (exact) mass is 259 g/mol. The highest BCUT2D eigenvalue weighted by atomic mass is 16.5. The molecule has 0 saturated carbocycles. The molecule has 1 heterocycles. The molecule has 0 radical (unpaired) electrons. The molecular formula is C15H21N3O. The van der Waals surface area contributed by atoms with Crippen molar-refractivity contribution in [3.05, 3.63) is 35.7 Å². The summed E-state index contributed by atoms with van der Waals surface area (Å²) in [6, 6.07) is 8.24. The van der Waals surface area contributed by atoms with Gasteiger partial charge in [-0.05, 0) is 25.3 Å². The Balaban J connectivity index is 2.29. The van der Waals surface area contributed by atoms with Crippen molar-refractivity contribution in [1.29, 1.82) is 0 Å². The van der Waals surface area contributed by atoms with Crippen LogP contribution in [0.4, 0.5) is 0 Å². The molecule has 0 aliphatic carbocycles. The molecule has 0 amide bonds. The molecule has 19 heavy (non-hydrogen) atoms. The van der Waals surface area contributed by atoms with Gasteiger partial charge in [0.05, 0.1) is 5.41 Å². The highest BCUT2D eigenvalue weighted by Crippen LogP contribution is 2.27. The number of hydrogen-bond donors (Lipinski definition) is 1. The molecule has 1 atom stereocenters. The van der Waals surface area contributed by atoms with Crippen LogP contribution in [0.2, 0.25) is 0 Å². The smallest absolute Gasteiger partial charge is 0.234 e. The number of benzene rings is 1. The summed E-state index contributed by atoms with van der Waals surface area (Å²) in [7, 11) is 0. The van der Waals surface area contributed by atoms with Crippen molar-refractivity contribution in [1.82, 2.24) is 10.1 Å². The van der Waals surface area contributed by atoms with Crippen molar-refractivity contribution < 1.29 is 4.52 Å². The van der Waals surface area contributed by atoms with Crippen LogP contribution < -0.4 is 5.73 Å². The average molecular weight is 259 g/mol. The van der Waals surface area contributed by atoms with Crippen LogP contribution in [0.3, 0.4) is 0 Å². The maximum Gasteiger partial charge on any atom is 0.234 e. The molecule has 0 bridgehead atoms. The van der Waals surface area contributed by atoms with E-state index < -0.39 is 0 Å². The van der Waals surface area contributed by atoms with E-state index in [9.17, 15) is 0 Å². The first-order valence-corrected chi connectivity index (χ1v) is 6.76. The van der Waals surface area contributed by atoms with Crippen molar-refractivity contribution in [2.45, 2.75) is 39.0 Å². The van der Waals surface area contributed by atoms with Gasteiger partial charge in [-0.1, -0.05) is 43.3 Å². The lowest BCUT2D eigenvalue weighted by Gasteiger charge is -2.20. The Hall–Kier alpha value is -1.68. The van der Waals surface area contributed by atoms with Crippen LogP contribution in [0.25, 0.3) is 11.4 Å². The van der Waals surface area contributed by atoms with Gasteiger partial charge in [-0.2, -0.15) is 4.98 Å². The summed E-state index contributed by atoms with van der Waals surface area (Å²) in [6.07, 6.45) is 1.90. The molecule has 0 saturated heterocycles. The molecule has 4 nitrogen and oxygen atoms in total. The molecule has 2 rings (SSSR count). The third kappa shape index (κ3) is 2.68. The molecule has 0 fully saturated rings. The van der Waals surface area contributed by atoms with E-state index in [-0.39, 0.29) is 5.41 Å². The zero-order chi connectivity index (χ0) is 13.9. The summed E-state index contributed by atoms with van der Waals surface area (Å²) < 4.78 is 5.38. The first kappa shape index (κ1) is 13.7. The number of hydrogen-bond acceptors (Lipinski definition) is 4. The van der Waals surface area contributed by atoms with Crippen LogP contribution in [-0.2, 0) is 11.8 Å². The summed E-state index contributed by atoms with van der Waals surface area (Å²) in [5, 5.41) is 4.06. The summed E-state index contributed by atoms with van der Waals surface area (Å²) >= 11 is 0. The maximum absolute atomic E-state index is 5.81. The largest absolute Gasteiger partial charge is 0.338 e. The summed E-state index contributed by atoms with van der Waals surface area (Å²) in [4.78, 5) is 4.49. The molecule has 2 N–H and O–H groups in total. The van der Waals surface area contributed by atoms with Crippen molar-refractivity contribution in [2.24, 2.45) is 5.73 Å². The molecule has 1 aromatic carbocycles. The maximum atomic E-state index is 5.81. The Morgan fingerprint density at radius 3 is 2.42 bits per heavy atom. The average Bonchev–Trinajstić information content (AvgIpc) is 2.97. The molecule has 102 valence electrons. The highest BCUT2D eigenvalue weighted by molar-refractivity contribution is 5.54. The fourth-order valence-corrected chi connectivity index (χ4v) is 1.86. The SMILES string of the molecule is CCc1ccc(-c2noc(C(C)(CC)CN)n2)cc1. The van der Waals surface area contributed by atoms with E-state index in [0.717, 1.165) is 18.4 Å². The number of aromatic nitrogens is 2. The van der Waals surface area contributed by atoms with Crippen LogP contribution in [-0.4, -0.2) is 16.7 Å². The van der Waals surface area contributed by atoms with Gasteiger partial charge in [0.1, 0.15) is 0 Å². The second kappa shape index (κ2) is 5.53. The van der Waals surface area contributed by atoms with E-state index in [2.05, 4.69) is 36.1 Å². The first-order chi connectivity index (χ1) is 9.12. The minimum Gasteiger partial charge on any atom is -0.338 e. The minimum atomic E-state index is -0.241. The van der Waals surface area contributed by atoms with Crippen molar-refractivity contribution >= 4 is 0 Å². The first-order valence-electron chi connectivity index (χ1n) is 6.76. The molecular weight excluding hydrogens is 238 g/mol. The highest BCUT2D eigenvalue weighted by Gasteiger charge is 2.29. The predicted octanol–water partition coefficient (Wildman–Crippen LogP) is 2.93. The Labute approximate surface area is 114 Å². The van der Waals surface area contributed by atoms with Gasteiger partial charge in [-0.15, -0.1) is 0 Å². The summed E-state index contributed by atoms with van der Waals surface area (Å²) in [5.74, 6) is 1.25. The molecule has 2 aromatic rings. The van der Waals surface area contributed by atoms with E-state index in [1.807, 2.05) is 19.1 Å². The van der Waals surface area contributed by atoms with Gasteiger partial charge in [0.25, 0.3) is 0 Å². The van der Waals surface area contributed by atoms with Crippen LogP contribution >= 0.6 is 0 Å². The third-order valence-electron chi connectivity index (χ3n) is 3.79. The lowest BCUT2D eigenvalue weighted by atomic mass is 9.88. The van der Waals surface area contributed by atoms with Crippen molar-refractivity contribution in [2.75, 3.05) is 6.54 Å². The molecule has 4 heteroatoms. The summed E-state index contributed by atoms with van der Waals surface area (Å²) in [5.41, 5.74) is 7.84. The molecule has 0 spiro atoms. The molecule has 1 aromatic heterocycles. The van der Waals surface area contributed by atoms with Crippen LogP contribution in [0, 0.1) is 0 Å². The summed E-state index contributed by atoms with van der Waals surface area (Å²) in [6.45, 7) is 6.76. The number of rotatable bonds is 5. The Morgan fingerprint density at radius 2 is 1.89 bits per heavy atom. The second-order valence-corrected chi connectivity index (χ2v) is 5.09. The predicted molar refractivity (Wildman–Crippen MR) is 75.8 cm³/mol. The van der Waals surface area contributed by atoms with E-state index in [1.54, 1.807) is 0 Å².